The fourth-order valence-electron chi connectivity index (χ4n) is 5.05. The third-order valence-corrected chi connectivity index (χ3v) is 7.75. The van der Waals surface area contributed by atoms with Crippen molar-refractivity contribution in [3.05, 3.63) is 59.4 Å². The van der Waals surface area contributed by atoms with Crippen molar-refractivity contribution in [1.82, 2.24) is 24.1 Å². The Morgan fingerprint density at radius 2 is 1.62 bits per heavy atom. The van der Waals surface area contributed by atoms with E-state index in [2.05, 4.69) is 55.0 Å². The first-order valence-electron chi connectivity index (χ1n) is 14.5. The highest BCUT2D eigenvalue weighted by atomic mass is 16.2. The van der Waals surface area contributed by atoms with Gasteiger partial charge >= 0.3 is 0 Å². The lowest BCUT2D eigenvalue weighted by molar-refractivity contribution is 0.0740. The summed E-state index contributed by atoms with van der Waals surface area (Å²) in [6.45, 7) is 15.6. The minimum atomic E-state index is 0.0943. The number of carbonyl (C=O) groups excluding carboxylic acids is 1. The van der Waals surface area contributed by atoms with Gasteiger partial charge < -0.3 is 19.1 Å². The van der Waals surface area contributed by atoms with E-state index in [4.69, 9.17) is 4.98 Å². The summed E-state index contributed by atoms with van der Waals surface area (Å²) in [6.07, 6.45) is 4.82. The molecular weight excluding hydrogens is 484 g/mol. The average Bonchev–Trinajstić information content (AvgIpc) is 3.30. The van der Waals surface area contributed by atoms with E-state index in [1.54, 1.807) is 0 Å². The number of pyridine rings is 1. The molecule has 1 fully saturated rings. The Balaban J connectivity index is 1.68. The number of benzene rings is 1. The van der Waals surface area contributed by atoms with Gasteiger partial charge in [0.25, 0.3) is 5.91 Å². The first-order chi connectivity index (χ1) is 18.7. The van der Waals surface area contributed by atoms with Crippen molar-refractivity contribution in [3.63, 3.8) is 0 Å². The Hall–Kier alpha value is -3.21. The summed E-state index contributed by atoms with van der Waals surface area (Å²) in [4.78, 5) is 25.7. The summed E-state index contributed by atoms with van der Waals surface area (Å²) in [7, 11) is 2.18. The Morgan fingerprint density at radius 3 is 2.21 bits per heavy atom. The second-order valence-electron chi connectivity index (χ2n) is 11.8. The molecule has 0 N–H and O–H groups in total. The van der Waals surface area contributed by atoms with Gasteiger partial charge in [-0.2, -0.15) is 5.26 Å². The maximum Gasteiger partial charge on any atom is 0.255 e. The highest BCUT2D eigenvalue weighted by Crippen LogP contribution is 2.27. The molecule has 1 aliphatic heterocycles. The molecule has 4 rings (SSSR count). The largest absolute Gasteiger partial charge is 0.339 e. The lowest BCUT2D eigenvalue weighted by atomic mass is 10.1. The molecule has 3 aromatic rings. The van der Waals surface area contributed by atoms with Crippen molar-refractivity contribution < 1.29 is 4.79 Å². The number of fused-ring (bicyclic) bond motifs is 1. The monoisotopic (exact) mass is 528 g/mol. The molecule has 1 aromatic carbocycles. The van der Waals surface area contributed by atoms with Gasteiger partial charge in [0.1, 0.15) is 5.65 Å². The van der Waals surface area contributed by atoms with E-state index in [9.17, 15) is 10.1 Å². The van der Waals surface area contributed by atoms with E-state index in [-0.39, 0.29) is 5.91 Å². The molecular formula is C32H44N6O. The van der Waals surface area contributed by atoms with Gasteiger partial charge in [-0.1, -0.05) is 39.8 Å². The van der Waals surface area contributed by atoms with Crippen molar-refractivity contribution >= 4 is 11.6 Å². The predicted molar refractivity (Wildman–Crippen MR) is 158 cm³/mol. The van der Waals surface area contributed by atoms with Crippen LogP contribution in [0.4, 0.5) is 0 Å². The summed E-state index contributed by atoms with van der Waals surface area (Å²) >= 11 is 0. The minimum Gasteiger partial charge on any atom is -0.339 e. The number of hydrogen-bond donors (Lipinski definition) is 0. The first-order valence-corrected chi connectivity index (χ1v) is 14.5. The molecule has 0 aliphatic carbocycles. The highest BCUT2D eigenvalue weighted by Gasteiger charge is 2.21. The predicted octanol–water partition coefficient (Wildman–Crippen LogP) is 5.20. The van der Waals surface area contributed by atoms with Crippen LogP contribution in [0.1, 0.15) is 62.2 Å². The summed E-state index contributed by atoms with van der Waals surface area (Å²) < 4.78 is 2.12. The van der Waals surface area contributed by atoms with Crippen LogP contribution in [0.5, 0.6) is 0 Å². The number of nitriles is 1. The zero-order chi connectivity index (χ0) is 27.9. The smallest absolute Gasteiger partial charge is 0.255 e. The quantitative estimate of drug-likeness (QED) is 0.342. The summed E-state index contributed by atoms with van der Waals surface area (Å²) in [5.74, 6) is 1.19. The Bertz CT molecular complexity index is 1270. The number of amides is 1. The Kier molecular flexibility index (Phi) is 9.77. The molecule has 39 heavy (non-hydrogen) atoms. The molecule has 1 aliphatic rings. The second-order valence-corrected chi connectivity index (χ2v) is 11.8. The third-order valence-electron chi connectivity index (χ3n) is 7.75. The number of carbonyl (C=O) groups is 1. The van der Waals surface area contributed by atoms with Crippen LogP contribution in [0.25, 0.3) is 16.9 Å². The zero-order valence-corrected chi connectivity index (χ0v) is 24.4. The molecule has 7 heteroatoms. The van der Waals surface area contributed by atoms with Crippen molar-refractivity contribution in [3.8, 4) is 17.3 Å². The maximum absolute atomic E-state index is 13.8. The normalized spacial score (nSPS) is 14.8. The summed E-state index contributed by atoms with van der Waals surface area (Å²) in [5.41, 5.74) is 5.22. The van der Waals surface area contributed by atoms with Gasteiger partial charge in [0.15, 0.2) is 0 Å². The van der Waals surface area contributed by atoms with Gasteiger partial charge in [-0.05, 0) is 56.0 Å². The molecule has 3 heterocycles. The van der Waals surface area contributed by atoms with Gasteiger partial charge in [0.05, 0.1) is 28.6 Å². The van der Waals surface area contributed by atoms with Gasteiger partial charge in [0.2, 0.25) is 0 Å². The first kappa shape index (κ1) is 28.8. The molecule has 1 amide bonds. The van der Waals surface area contributed by atoms with Gasteiger partial charge in [0, 0.05) is 64.0 Å². The fourth-order valence-corrected chi connectivity index (χ4v) is 5.05. The topological polar surface area (TPSA) is 67.9 Å². The van der Waals surface area contributed by atoms with Crippen LogP contribution < -0.4 is 0 Å². The van der Waals surface area contributed by atoms with Crippen LogP contribution in [0, 0.1) is 23.2 Å². The molecule has 1 saturated heterocycles. The van der Waals surface area contributed by atoms with Gasteiger partial charge in [-0.25, -0.2) is 4.98 Å². The maximum atomic E-state index is 13.8. The van der Waals surface area contributed by atoms with Crippen LogP contribution in [0.2, 0.25) is 0 Å². The molecule has 0 bridgehead atoms. The molecule has 0 atom stereocenters. The van der Waals surface area contributed by atoms with E-state index in [1.807, 2.05) is 47.5 Å². The number of likely N-dealkylation sites (N-methyl/N-ethyl adjacent to an activating group) is 1. The highest BCUT2D eigenvalue weighted by molar-refractivity contribution is 5.94. The Labute approximate surface area is 234 Å². The minimum absolute atomic E-state index is 0.0943. The number of hydrogen-bond acceptors (Lipinski definition) is 5. The fraction of sp³-hybridized carbons (Fsp3) is 0.531. The standard InChI is InChI=1S/C32H44N6O/c1-24(2)12-16-37(17-13-25(3)4)32(39)28-10-11-30-34-31(27-8-6-26(22-33)7-9-27)29(38(30)23-28)14-15-36-20-18-35(5)19-21-36/h6-11,23-25H,12-21H2,1-5H3. The molecule has 0 unspecified atom stereocenters. The Morgan fingerprint density at radius 1 is 0.974 bits per heavy atom. The zero-order valence-electron chi connectivity index (χ0n) is 24.4. The van der Waals surface area contributed by atoms with Gasteiger partial charge in [-0.15, -0.1) is 0 Å². The SMILES string of the molecule is CC(C)CCN(CCC(C)C)C(=O)c1ccc2nc(-c3ccc(C#N)cc3)c(CCN3CCN(C)CC3)n2c1. The van der Waals surface area contributed by atoms with E-state index < -0.39 is 0 Å². The number of rotatable bonds is 11. The van der Waals surface area contributed by atoms with Crippen LogP contribution in [0.3, 0.4) is 0 Å². The average molecular weight is 529 g/mol. The lowest BCUT2D eigenvalue weighted by Gasteiger charge is -2.32. The van der Waals surface area contributed by atoms with Crippen LogP contribution >= 0.6 is 0 Å². The van der Waals surface area contributed by atoms with Crippen molar-refractivity contribution in [1.29, 1.82) is 5.26 Å². The van der Waals surface area contributed by atoms with E-state index in [1.165, 1.54) is 0 Å². The molecule has 7 nitrogen and oxygen atoms in total. The molecule has 2 aromatic heterocycles. The third kappa shape index (κ3) is 7.46. The van der Waals surface area contributed by atoms with Crippen LogP contribution in [-0.2, 0) is 6.42 Å². The van der Waals surface area contributed by atoms with E-state index in [0.29, 0.717) is 23.0 Å². The molecule has 208 valence electrons. The summed E-state index contributed by atoms with van der Waals surface area (Å²) in [6, 6.07) is 13.8. The van der Waals surface area contributed by atoms with Crippen molar-refractivity contribution in [2.75, 3.05) is 52.9 Å². The van der Waals surface area contributed by atoms with Crippen molar-refractivity contribution in [2.24, 2.45) is 11.8 Å². The number of nitrogens with zero attached hydrogens (tertiary/aromatic N) is 6. The number of aromatic nitrogens is 2. The van der Waals surface area contributed by atoms with Crippen LogP contribution in [0.15, 0.2) is 42.6 Å². The second kappa shape index (κ2) is 13.2. The van der Waals surface area contributed by atoms with E-state index >= 15 is 0 Å². The molecule has 0 radical (unpaired) electrons. The van der Waals surface area contributed by atoms with Crippen LogP contribution in [-0.4, -0.2) is 82.9 Å². The molecule has 0 spiro atoms. The summed E-state index contributed by atoms with van der Waals surface area (Å²) in [5, 5.41) is 9.26. The van der Waals surface area contributed by atoms with Gasteiger partial charge in [-0.3, -0.25) is 4.79 Å². The molecule has 0 saturated carbocycles. The number of piperazine rings is 1. The van der Waals surface area contributed by atoms with Crippen molar-refractivity contribution in [2.45, 2.75) is 47.0 Å². The van der Waals surface area contributed by atoms with E-state index in [0.717, 1.165) is 87.7 Å². The lowest BCUT2D eigenvalue weighted by Crippen LogP contribution is -2.45. The number of imidazole rings is 1.